The van der Waals surface area contributed by atoms with Crippen LogP contribution < -0.4 is 5.73 Å². The molecule has 90 valence electrons. The fourth-order valence-electron chi connectivity index (χ4n) is 2.72. The first-order valence-corrected chi connectivity index (χ1v) is 6.49. The largest absolute Gasteiger partial charge is 0.377 e. The molecule has 0 aromatic carbocycles. The van der Waals surface area contributed by atoms with Gasteiger partial charge in [-0.15, -0.1) is 0 Å². The summed E-state index contributed by atoms with van der Waals surface area (Å²) in [5, 5.41) is 0. The molecule has 0 saturated heterocycles. The topological polar surface area (TPSA) is 35.2 Å². The Morgan fingerprint density at radius 2 is 1.80 bits per heavy atom. The van der Waals surface area contributed by atoms with E-state index in [2.05, 4.69) is 20.8 Å². The molecule has 3 atom stereocenters. The lowest BCUT2D eigenvalue weighted by atomic mass is 9.82. The van der Waals surface area contributed by atoms with Gasteiger partial charge < -0.3 is 10.5 Å². The lowest BCUT2D eigenvalue weighted by molar-refractivity contribution is -0.00580. The van der Waals surface area contributed by atoms with E-state index in [1.165, 1.54) is 19.3 Å². The Hall–Kier alpha value is -0.0800. The Labute approximate surface area is 94.6 Å². The van der Waals surface area contributed by atoms with Gasteiger partial charge in [0.25, 0.3) is 0 Å². The van der Waals surface area contributed by atoms with Crippen molar-refractivity contribution in [3.63, 3.8) is 0 Å². The van der Waals surface area contributed by atoms with Gasteiger partial charge in [0, 0.05) is 6.04 Å². The zero-order valence-electron chi connectivity index (χ0n) is 10.5. The molecule has 2 N–H and O–H groups in total. The Morgan fingerprint density at radius 1 is 1.20 bits per heavy atom. The zero-order valence-corrected chi connectivity index (χ0v) is 10.5. The predicted octanol–water partition coefficient (Wildman–Crippen LogP) is 2.96. The molecule has 0 heterocycles. The highest BCUT2D eigenvalue weighted by Crippen LogP contribution is 2.30. The average molecular weight is 213 g/mol. The van der Waals surface area contributed by atoms with Gasteiger partial charge in [0.05, 0.1) is 12.7 Å². The second-order valence-corrected chi connectivity index (χ2v) is 5.42. The van der Waals surface area contributed by atoms with E-state index < -0.39 is 0 Å². The van der Waals surface area contributed by atoms with Crippen molar-refractivity contribution in [3.05, 3.63) is 0 Å². The Morgan fingerprint density at radius 3 is 2.33 bits per heavy atom. The molecule has 0 bridgehead atoms. The Balaban J connectivity index is 2.20. The average Bonchev–Trinajstić information content (AvgIpc) is 2.14. The first kappa shape index (κ1) is 13.0. The quantitative estimate of drug-likeness (QED) is 0.762. The summed E-state index contributed by atoms with van der Waals surface area (Å²) in [5.74, 6) is 1.64. The van der Waals surface area contributed by atoms with Crippen LogP contribution in [0.25, 0.3) is 0 Å². The minimum absolute atomic E-state index is 0.238. The SMILES string of the molecule is CCCC(N)COC1CC(C)CC(C)C1. The standard InChI is InChI=1S/C13H27NO/c1-4-5-12(14)9-15-13-7-10(2)6-11(3)8-13/h10-13H,4-9,14H2,1-3H3. The minimum Gasteiger partial charge on any atom is -0.377 e. The van der Waals surface area contributed by atoms with Gasteiger partial charge in [-0.1, -0.05) is 27.2 Å². The van der Waals surface area contributed by atoms with E-state index in [9.17, 15) is 0 Å². The molecule has 1 aliphatic carbocycles. The smallest absolute Gasteiger partial charge is 0.0621 e. The van der Waals surface area contributed by atoms with E-state index in [0.717, 1.165) is 31.3 Å². The number of hydrogen-bond donors (Lipinski definition) is 1. The summed E-state index contributed by atoms with van der Waals surface area (Å²) in [7, 11) is 0. The van der Waals surface area contributed by atoms with Crippen LogP contribution in [0, 0.1) is 11.8 Å². The van der Waals surface area contributed by atoms with Gasteiger partial charge >= 0.3 is 0 Å². The van der Waals surface area contributed by atoms with Gasteiger partial charge in [-0.2, -0.15) is 0 Å². The van der Waals surface area contributed by atoms with Crippen LogP contribution in [0.15, 0.2) is 0 Å². The number of rotatable bonds is 5. The van der Waals surface area contributed by atoms with Crippen LogP contribution in [0.1, 0.15) is 52.9 Å². The lowest BCUT2D eigenvalue weighted by Gasteiger charge is -2.32. The zero-order chi connectivity index (χ0) is 11.3. The lowest BCUT2D eigenvalue weighted by Crippen LogP contribution is -2.32. The summed E-state index contributed by atoms with van der Waals surface area (Å²) in [4.78, 5) is 0. The van der Waals surface area contributed by atoms with E-state index in [1.807, 2.05) is 0 Å². The fraction of sp³-hybridized carbons (Fsp3) is 1.00. The van der Waals surface area contributed by atoms with Crippen LogP contribution in [0.3, 0.4) is 0 Å². The van der Waals surface area contributed by atoms with E-state index in [-0.39, 0.29) is 6.04 Å². The van der Waals surface area contributed by atoms with Crippen LogP contribution in [0.4, 0.5) is 0 Å². The second kappa shape index (κ2) is 6.49. The first-order chi connectivity index (χ1) is 7.11. The van der Waals surface area contributed by atoms with Crippen LogP contribution in [0.5, 0.6) is 0 Å². The summed E-state index contributed by atoms with van der Waals surface area (Å²) in [6, 6.07) is 0.238. The maximum atomic E-state index is 5.95. The molecule has 1 fully saturated rings. The summed E-state index contributed by atoms with van der Waals surface area (Å²) < 4.78 is 5.91. The highest BCUT2D eigenvalue weighted by molar-refractivity contribution is 4.75. The molecule has 0 spiro atoms. The second-order valence-electron chi connectivity index (χ2n) is 5.42. The van der Waals surface area contributed by atoms with Gasteiger partial charge in [-0.3, -0.25) is 0 Å². The molecule has 0 radical (unpaired) electrons. The van der Waals surface area contributed by atoms with Gasteiger partial charge in [0.15, 0.2) is 0 Å². The third-order valence-electron chi connectivity index (χ3n) is 3.34. The van der Waals surface area contributed by atoms with Crippen molar-refractivity contribution < 1.29 is 4.74 Å². The summed E-state index contributed by atoms with van der Waals surface area (Å²) in [5.41, 5.74) is 5.95. The third-order valence-corrected chi connectivity index (χ3v) is 3.34. The van der Waals surface area contributed by atoms with Gasteiger partial charge in [-0.05, 0) is 37.5 Å². The van der Waals surface area contributed by atoms with Gasteiger partial charge in [-0.25, -0.2) is 0 Å². The Kier molecular flexibility index (Phi) is 5.62. The number of nitrogens with two attached hydrogens (primary N) is 1. The first-order valence-electron chi connectivity index (χ1n) is 6.49. The maximum absolute atomic E-state index is 5.95. The van der Waals surface area contributed by atoms with Crippen LogP contribution in [-0.4, -0.2) is 18.8 Å². The molecule has 0 amide bonds. The van der Waals surface area contributed by atoms with E-state index in [4.69, 9.17) is 10.5 Å². The van der Waals surface area contributed by atoms with Gasteiger partial charge in [0.1, 0.15) is 0 Å². The van der Waals surface area contributed by atoms with Crippen LogP contribution in [0.2, 0.25) is 0 Å². The summed E-state index contributed by atoms with van der Waals surface area (Å²) in [6.07, 6.45) is 6.51. The number of ether oxygens (including phenoxy) is 1. The summed E-state index contributed by atoms with van der Waals surface area (Å²) in [6.45, 7) is 7.58. The van der Waals surface area contributed by atoms with Crippen molar-refractivity contribution in [3.8, 4) is 0 Å². The molecule has 1 saturated carbocycles. The van der Waals surface area contributed by atoms with Crippen molar-refractivity contribution >= 4 is 0 Å². The Bertz CT molecular complexity index is 162. The fourth-order valence-corrected chi connectivity index (χ4v) is 2.72. The molecule has 15 heavy (non-hydrogen) atoms. The molecule has 0 aliphatic heterocycles. The van der Waals surface area contributed by atoms with E-state index in [0.29, 0.717) is 6.10 Å². The predicted molar refractivity (Wildman–Crippen MR) is 64.8 cm³/mol. The van der Waals surface area contributed by atoms with Crippen molar-refractivity contribution in [1.29, 1.82) is 0 Å². The maximum Gasteiger partial charge on any atom is 0.0621 e. The third kappa shape index (κ3) is 4.98. The minimum atomic E-state index is 0.238. The summed E-state index contributed by atoms with van der Waals surface area (Å²) >= 11 is 0. The molecule has 1 rings (SSSR count). The molecular weight excluding hydrogens is 186 g/mol. The monoisotopic (exact) mass is 213 g/mol. The molecule has 0 aromatic rings. The van der Waals surface area contributed by atoms with Crippen LogP contribution >= 0.6 is 0 Å². The van der Waals surface area contributed by atoms with Crippen LogP contribution in [-0.2, 0) is 4.74 Å². The molecule has 3 unspecified atom stereocenters. The molecular formula is C13H27NO. The molecule has 1 aliphatic rings. The van der Waals surface area contributed by atoms with Crippen molar-refractivity contribution in [1.82, 2.24) is 0 Å². The van der Waals surface area contributed by atoms with Crippen molar-refractivity contribution in [2.75, 3.05) is 6.61 Å². The van der Waals surface area contributed by atoms with E-state index in [1.54, 1.807) is 0 Å². The van der Waals surface area contributed by atoms with E-state index >= 15 is 0 Å². The molecule has 2 nitrogen and oxygen atoms in total. The molecule has 2 heteroatoms. The highest BCUT2D eigenvalue weighted by Gasteiger charge is 2.24. The number of hydrogen-bond acceptors (Lipinski definition) is 2. The highest BCUT2D eigenvalue weighted by atomic mass is 16.5. The normalized spacial score (nSPS) is 34.0. The van der Waals surface area contributed by atoms with Crippen molar-refractivity contribution in [2.45, 2.75) is 65.0 Å². The van der Waals surface area contributed by atoms with Crippen molar-refractivity contribution in [2.24, 2.45) is 17.6 Å². The van der Waals surface area contributed by atoms with Gasteiger partial charge in [0.2, 0.25) is 0 Å². The molecule has 0 aromatic heterocycles.